The predicted molar refractivity (Wildman–Crippen MR) is 82.6 cm³/mol. The second-order valence-electron chi connectivity index (χ2n) is 4.41. The standard InChI is InChI=1S/C11H14N6O2S2/c1-5(2)9-16-17-11(21-9)15-8(19)4-20-10-13-6(12)3-7(18)14-10/h3,5H,4H2,1-2H3,(H,15,17,19)(H3,12,13,14,18). The van der Waals surface area contributed by atoms with E-state index in [1.54, 1.807) is 0 Å². The van der Waals surface area contributed by atoms with Crippen molar-refractivity contribution in [3.8, 4) is 0 Å². The Morgan fingerprint density at radius 3 is 2.90 bits per heavy atom. The smallest absolute Gasteiger partial charge is 0.253 e. The maximum Gasteiger partial charge on any atom is 0.253 e. The van der Waals surface area contributed by atoms with Crippen molar-refractivity contribution in [3.63, 3.8) is 0 Å². The first-order valence-corrected chi connectivity index (χ1v) is 7.87. The predicted octanol–water partition coefficient (Wildman–Crippen LogP) is 1.06. The van der Waals surface area contributed by atoms with Crippen LogP contribution in [0.4, 0.5) is 10.9 Å². The van der Waals surface area contributed by atoms with Gasteiger partial charge in [-0.3, -0.25) is 14.9 Å². The number of hydrogen-bond donors (Lipinski definition) is 3. The number of nitrogen functional groups attached to an aromatic ring is 1. The summed E-state index contributed by atoms with van der Waals surface area (Å²) in [6, 6.07) is 1.18. The van der Waals surface area contributed by atoms with Crippen LogP contribution < -0.4 is 16.6 Å². The highest BCUT2D eigenvalue weighted by molar-refractivity contribution is 7.99. The first-order valence-electron chi connectivity index (χ1n) is 6.07. The first kappa shape index (κ1) is 15.4. The summed E-state index contributed by atoms with van der Waals surface area (Å²) in [7, 11) is 0. The van der Waals surface area contributed by atoms with Gasteiger partial charge in [0.25, 0.3) is 5.56 Å². The van der Waals surface area contributed by atoms with Gasteiger partial charge in [-0.15, -0.1) is 10.2 Å². The molecule has 0 fully saturated rings. The number of anilines is 2. The molecule has 0 spiro atoms. The molecule has 1 amide bonds. The molecular weight excluding hydrogens is 312 g/mol. The molecule has 2 aromatic heterocycles. The van der Waals surface area contributed by atoms with Crippen LogP contribution in [0.3, 0.4) is 0 Å². The average Bonchev–Trinajstić information content (AvgIpc) is 2.84. The topological polar surface area (TPSA) is 127 Å². The van der Waals surface area contributed by atoms with Crippen molar-refractivity contribution >= 4 is 40.0 Å². The van der Waals surface area contributed by atoms with E-state index in [0.29, 0.717) is 10.3 Å². The summed E-state index contributed by atoms with van der Waals surface area (Å²) < 4.78 is 0. The Balaban J connectivity index is 1.91. The second kappa shape index (κ2) is 6.68. The molecule has 2 heterocycles. The molecule has 4 N–H and O–H groups in total. The minimum Gasteiger partial charge on any atom is -0.383 e. The number of nitrogens with one attached hydrogen (secondary N) is 2. The van der Waals surface area contributed by atoms with Crippen molar-refractivity contribution in [2.24, 2.45) is 0 Å². The molecule has 112 valence electrons. The highest BCUT2D eigenvalue weighted by Gasteiger charge is 2.11. The molecule has 8 nitrogen and oxygen atoms in total. The quantitative estimate of drug-likeness (QED) is 0.554. The summed E-state index contributed by atoms with van der Waals surface area (Å²) in [4.78, 5) is 29.4. The zero-order chi connectivity index (χ0) is 15.4. The lowest BCUT2D eigenvalue weighted by Gasteiger charge is -2.01. The van der Waals surface area contributed by atoms with E-state index in [-0.39, 0.29) is 29.0 Å². The summed E-state index contributed by atoms with van der Waals surface area (Å²) >= 11 is 2.43. The zero-order valence-electron chi connectivity index (χ0n) is 11.4. The van der Waals surface area contributed by atoms with Gasteiger partial charge in [0.05, 0.1) is 5.75 Å². The average molecular weight is 326 g/mol. The van der Waals surface area contributed by atoms with E-state index in [2.05, 4.69) is 25.5 Å². The van der Waals surface area contributed by atoms with Crippen LogP contribution >= 0.6 is 23.1 Å². The lowest BCUT2D eigenvalue weighted by Crippen LogP contribution is -2.15. The number of H-pyrrole nitrogens is 1. The van der Waals surface area contributed by atoms with Gasteiger partial charge in [0, 0.05) is 12.0 Å². The van der Waals surface area contributed by atoms with E-state index in [1.165, 1.54) is 17.4 Å². The third-order valence-corrected chi connectivity index (χ3v) is 4.27. The lowest BCUT2D eigenvalue weighted by atomic mass is 10.2. The number of nitrogens with two attached hydrogens (primary N) is 1. The van der Waals surface area contributed by atoms with Crippen molar-refractivity contribution in [3.05, 3.63) is 21.4 Å². The Labute approximate surface area is 128 Å². The van der Waals surface area contributed by atoms with E-state index >= 15 is 0 Å². The third-order valence-electron chi connectivity index (χ3n) is 2.26. The van der Waals surface area contributed by atoms with Crippen LogP contribution in [0.15, 0.2) is 16.0 Å². The number of aromatic nitrogens is 4. The number of thioether (sulfide) groups is 1. The number of carbonyl (C=O) groups is 1. The molecule has 0 aliphatic rings. The number of amides is 1. The van der Waals surface area contributed by atoms with Crippen LogP contribution in [-0.4, -0.2) is 31.8 Å². The normalized spacial score (nSPS) is 10.8. The maximum absolute atomic E-state index is 11.8. The number of rotatable bonds is 5. The molecule has 0 unspecified atom stereocenters. The Bertz CT molecular complexity index is 696. The summed E-state index contributed by atoms with van der Waals surface area (Å²) in [6.45, 7) is 4.01. The molecule has 0 atom stereocenters. The van der Waals surface area contributed by atoms with E-state index in [4.69, 9.17) is 5.73 Å². The SMILES string of the molecule is CC(C)c1nnc(NC(=O)CSc2nc(N)cc(=O)[nH]2)s1. The molecule has 0 radical (unpaired) electrons. The van der Waals surface area contributed by atoms with Gasteiger partial charge < -0.3 is 10.7 Å². The highest BCUT2D eigenvalue weighted by Crippen LogP contribution is 2.22. The van der Waals surface area contributed by atoms with Crippen LogP contribution in [-0.2, 0) is 4.79 Å². The van der Waals surface area contributed by atoms with E-state index in [9.17, 15) is 9.59 Å². The molecular formula is C11H14N6O2S2. The van der Waals surface area contributed by atoms with Crippen molar-refractivity contribution in [2.45, 2.75) is 24.9 Å². The van der Waals surface area contributed by atoms with Gasteiger partial charge in [-0.1, -0.05) is 36.9 Å². The van der Waals surface area contributed by atoms with E-state index < -0.39 is 0 Å². The Hall–Kier alpha value is -1.94. The van der Waals surface area contributed by atoms with E-state index in [1.807, 2.05) is 13.8 Å². The van der Waals surface area contributed by atoms with Crippen LogP contribution in [0.2, 0.25) is 0 Å². The summed E-state index contributed by atoms with van der Waals surface area (Å²) in [5, 5.41) is 12.1. The van der Waals surface area contributed by atoms with Crippen molar-refractivity contribution in [1.29, 1.82) is 0 Å². The second-order valence-corrected chi connectivity index (χ2v) is 6.39. The number of carbonyl (C=O) groups excluding carboxylic acids is 1. The Morgan fingerprint density at radius 2 is 2.29 bits per heavy atom. The van der Waals surface area contributed by atoms with Crippen LogP contribution in [0.1, 0.15) is 24.8 Å². The highest BCUT2D eigenvalue weighted by atomic mass is 32.2. The monoisotopic (exact) mass is 326 g/mol. The van der Waals surface area contributed by atoms with E-state index in [0.717, 1.165) is 16.8 Å². The molecule has 21 heavy (non-hydrogen) atoms. The number of aromatic amines is 1. The number of hydrogen-bond acceptors (Lipinski definition) is 8. The molecule has 10 heteroatoms. The Morgan fingerprint density at radius 1 is 1.52 bits per heavy atom. The van der Waals surface area contributed by atoms with Gasteiger partial charge in [-0.05, 0) is 0 Å². The van der Waals surface area contributed by atoms with Crippen LogP contribution in [0.25, 0.3) is 0 Å². The first-order chi connectivity index (χ1) is 9.94. The minimum absolute atomic E-state index is 0.0863. The molecule has 0 aromatic carbocycles. The zero-order valence-corrected chi connectivity index (χ0v) is 13.0. The molecule has 0 bridgehead atoms. The van der Waals surface area contributed by atoms with Gasteiger partial charge in [-0.25, -0.2) is 4.98 Å². The third kappa shape index (κ3) is 4.53. The van der Waals surface area contributed by atoms with Crippen molar-refractivity contribution in [1.82, 2.24) is 20.2 Å². The Kier molecular flexibility index (Phi) is 4.91. The number of nitrogens with zero attached hydrogens (tertiary/aromatic N) is 3. The summed E-state index contributed by atoms with van der Waals surface area (Å²) in [5.41, 5.74) is 5.11. The minimum atomic E-state index is -0.351. The maximum atomic E-state index is 11.8. The molecule has 0 aliphatic carbocycles. The van der Waals surface area contributed by atoms with Gasteiger partial charge in [0.1, 0.15) is 10.8 Å². The molecule has 0 aliphatic heterocycles. The van der Waals surface area contributed by atoms with Gasteiger partial charge in [-0.2, -0.15) is 0 Å². The van der Waals surface area contributed by atoms with Gasteiger partial charge in [0.2, 0.25) is 11.0 Å². The largest absolute Gasteiger partial charge is 0.383 e. The van der Waals surface area contributed by atoms with Gasteiger partial charge in [0.15, 0.2) is 5.16 Å². The fourth-order valence-corrected chi connectivity index (χ4v) is 2.77. The van der Waals surface area contributed by atoms with Crippen molar-refractivity contribution in [2.75, 3.05) is 16.8 Å². The molecule has 2 rings (SSSR count). The lowest BCUT2D eigenvalue weighted by molar-refractivity contribution is -0.113. The molecule has 0 saturated carbocycles. The fourth-order valence-electron chi connectivity index (χ4n) is 1.33. The fraction of sp³-hybridized carbons (Fsp3) is 0.364. The molecule has 2 aromatic rings. The van der Waals surface area contributed by atoms with Crippen molar-refractivity contribution < 1.29 is 4.79 Å². The summed E-state index contributed by atoms with van der Waals surface area (Å²) in [5.74, 6) is 0.219. The summed E-state index contributed by atoms with van der Waals surface area (Å²) in [6.07, 6.45) is 0. The van der Waals surface area contributed by atoms with Crippen LogP contribution in [0.5, 0.6) is 0 Å². The van der Waals surface area contributed by atoms with Gasteiger partial charge >= 0.3 is 0 Å². The van der Waals surface area contributed by atoms with Crippen LogP contribution in [0, 0.1) is 0 Å². The molecule has 0 saturated heterocycles.